The van der Waals surface area contributed by atoms with Crippen molar-refractivity contribution in [3.8, 4) is 16.9 Å². The normalized spacial score (nSPS) is 11.1. The van der Waals surface area contributed by atoms with Crippen molar-refractivity contribution >= 4 is 27.7 Å². The van der Waals surface area contributed by atoms with Crippen LogP contribution in [0, 0.1) is 0 Å². The Bertz CT molecular complexity index is 1720. The number of rotatable bonds is 7. The van der Waals surface area contributed by atoms with Crippen LogP contribution in [0.25, 0.3) is 32.9 Å². The van der Waals surface area contributed by atoms with Crippen molar-refractivity contribution in [3.63, 3.8) is 0 Å². The van der Waals surface area contributed by atoms with Crippen LogP contribution in [0.4, 0.5) is 0 Å². The molecule has 0 atom stereocenters. The highest BCUT2D eigenvalue weighted by molar-refractivity contribution is 6.18. The van der Waals surface area contributed by atoms with Gasteiger partial charge in [-0.2, -0.15) is 0 Å². The zero-order valence-electron chi connectivity index (χ0n) is 20.3. The van der Waals surface area contributed by atoms with Crippen LogP contribution in [-0.2, 0) is 13.2 Å². The Balaban J connectivity index is 1.44. The van der Waals surface area contributed by atoms with E-state index in [9.17, 15) is 4.79 Å². The van der Waals surface area contributed by atoms with Crippen LogP contribution in [0.15, 0.2) is 121 Å². The summed E-state index contributed by atoms with van der Waals surface area (Å²) in [6, 6.07) is 40.8. The molecule has 1 heterocycles. The topological polar surface area (TPSA) is 57.2 Å². The SMILES string of the molecule is NC(=O)c1cccc2c1c1ccc(-c3ccccc3)cc1n2Cc1cccc(OCc2ccccc2)c1. The molecule has 6 aromatic rings. The van der Waals surface area contributed by atoms with E-state index in [1.807, 2.05) is 54.6 Å². The number of nitrogens with zero attached hydrogens (tertiary/aromatic N) is 1. The second-order valence-electron chi connectivity index (χ2n) is 9.17. The minimum Gasteiger partial charge on any atom is -0.489 e. The van der Waals surface area contributed by atoms with E-state index in [1.54, 1.807) is 6.07 Å². The Morgan fingerprint density at radius 2 is 1.41 bits per heavy atom. The molecule has 37 heavy (non-hydrogen) atoms. The molecule has 5 aromatic carbocycles. The summed E-state index contributed by atoms with van der Waals surface area (Å²) in [7, 11) is 0. The van der Waals surface area contributed by atoms with Crippen molar-refractivity contribution < 1.29 is 9.53 Å². The molecule has 0 saturated heterocycles. The zero-order chi connectivity index (χ0) is 25.2. The number of amides is 1. The van der Waals surface area contributed by atoms with Crippen molar-refractivity contribution in [2.24, 2.45) is 5.73 Å². The number of carbonyl (C=O) groups is 1. The lowest BCUT2D eigenvalue weighted by molar-refractivity contribution is 0.100. The predicted molar refractivity (Wildman–Crippen MR) is 150 cm³/mol. The summed E-state index contributed by atoms with van der Waals surface area (Å²) >= 11 is 0. The second-order valence-corrected chi connectivity index (χ2v) is 9.17. The lowest BCUT2D eigenvalue weighted by Crippen LogP contribution is -2.11. The molecule has 0 bridgehead atoms. The van der Waals surface area contributed by atoms with Crippen LogP contribution >= 0.6 is 0 Å². The molecule has 1 aromatic heterocycles. The summed E-state index contributed by atoms with van der Waals surface area (Å²) in [4.78, 5) is 12.3. The number of fused-ring (bicyclic) bond motifs is 3. The standard InChI is InChI=1S/C33H26N2O2/c34-33(36)29-15-8-16-30-32(29)28-18-17-26(25-12-5-2-6-13-25)20-31(28)35(30)21-24-11-7-14-27(19-24)37-22-23-9-3-1-4-10-23/h1-20H,21-22H2,(H2,34,36). The van der Waals surface area contributed by atoms with Gasteiger partial charge in [0.05, 0.1) is 11.0 Å². The molecule has 4 heteroatoms. The molecule has 0 aliphatic rings. The summed E-state index contributed by atoms with van der Waals surface area (Å²) < 4.78 is 8.35. The molecule has 2 N–H and O–H groups in total. The van der Waals surface area contributed by atoms with Gasteiger partial charge in [0, 0.05) is 22.9 Å². The minimum absolute atomic E-state index is 0.423. The molecule has 0 fully saturated rings. The van der Waals surface area contributed by atoms with Gasteiger partial charge >= 0.3 is 0 Å². The molecule has 4 nitrogen and oxygen atoms in total. The third kappa shape index (κ3) is 4.45. The molecule has 0 unspecified atom stereocenters. The monoisotopic (exact) mass is 482 g/mol. The van der Waals surface area contributed by atoms with Crippen LogP contribution in [0.1, 0.15) is 21.5 Å². The predicted octanol–water partition coefficient (Wildman–Crippen LogP) is 7.19. The molecule has 0 radical (unpaired) electrons. The number of primary amides is 1. The molecular formula is C33H26N2O2. The molecule has 0 aliphatic carbocycles. The van der Waals surface area contributed by atoms with Gasteiger partial charge in [0.2, 0.25) is 5.91 Å². The smallest absolute Gasteiger partial charge is 0.249 e. The van der Waals surface area contributed by atoms with Gasteiger partial charge in [0.25, 0.3) is 0 Å². The first-order valence-electron chi connectivity index (χ1n) is 12.3. The average molecular weight is 483 g/mol. The van der Waals surface area contributed by atoms with Gasteiger partial charge < -0.3 is 15.0 Å². The van der Waals surface area contributed by atoms with Gasteiger partial charge in [0.15, 0.2) is 0 Å². The average Bonchev–Trinajstić information content (AvgIpc) is 3.26. The fourth-order valence-electron chi connectivity index (χ4n) is 4.99. The van der Waals surface area contributed by atoms with Crippen LogP contribution in [0.2, 0.25) is 0 Å². The molecule has 0 saturated carbocycles. The lowest BCUT2D eigenvalue weighted by atomic mass is 10.0. The van der Waals surface area contributed by atoms with Crippen molar-refractivity contribution in [2.75, 3.05) is 0 Å². The third-order valence-electron chi connectivity index (χ3n) is 6.75. The molecule has 180 valence electrons. The highest BCUT2D eigenvalue weighted by atomic mass is 16.5. The van der Waals surface area contributed by atoms with E-state index in [4.69, 9.17) is 10.5 Å². The van der Waals surface area contributed by atoms with Gasteiger partial charge in [-0.1, -0.05) is 91.0 Å². The maximum Gasteiger partial charge on any atom is 0.249 e. The second kappa shape index (κ2) is 9.67. The van der Waals surface area contributed by atoms with E-state index in [1.165, 1.54) is 0 Å². The first-order valence-corrected chi connectivity index (χ1v) is 12.3. The summed E-state index contributed by atoms with van der Waals surface area (Å²) in [5, 5.41) is 1.90. The first kappa shape index (κ1) is 22.6. The highest BCUT2D eigenvalue weighted by Gasteiger charge is 2.17. The van der Waals surface area contributed by atoms with Gasteiger partial charge in [-0.05, 0) is 52.6 Å². The van der Waals surface area contributed by atoms with Crippen LogP contribution in [-0.4, -0.2) is 10.5 Å². The summed E-state index contributed by atoms with van der Waals surface area (Å²) in [5.74, 6) is 0.401. The highest BCUT2D eigenvalue weighted by Crippen LogP contribution is 2.35. The number of benzene rings is 5. The van der Waals surface area contributed by atoms with E-state index < -0.39 is 5.91 Å². The Hall–Kier alpha value is -4.83. The van der Waals surface area contributed by atoms with E-state index >= 15 is 0 Å². The van der Waals surface area contributed by atoms with Crippen molar-refractivity contribution in [1.82, 2.24) is 4.57 Å². The number of aromatic nitrogens is 1. The first-order chi connectivity index (χ1) is 18.2. The van der Waals surface area contributed by atoms with E-state index in [2.05, 4.69) is 65.2 Å². The van der Waals surface area contributed by atoms with Gasteiger partial charge in [-0.3, -0.25) is 4.79 Å². The maximum absolute atomic E-state index is 12.3. The maximum atomic E-state index is 12.3. The van der Waals surface area contributed by atoms with E-state index in [-0.39, 0.29) is 0 Å². The number of ether oxygens (including phenoxy) is 1. The summed E-state index contributed by atoms with van der Waals surface area (Å²) in [6.07, 6.45) is 0. The van der Waals surface area contributed by atoms with Gasteiger partial charge in [-0.15, -0.1) is 0 Å². The van der Waals surface area contributed by atoms with Crippen molar-refractivity contribution in [3.05, 3.63) is 138 Å². The minimum atomic E-state index is -0.423. The van der Waals surface area contributed by atoms with E-state index in [0.29, 0.717) is 18.7 Å². The van der Waals surface area contributed by atoms with Crippen LogP contribution in [0.5, 0.6) is 5.75 Å². The van der Waals surface area contributed by atoms with Crippen LogP contribution < -0.4 is 10.5 Å². The van der Waals surface area contributed by atoms with Crippen LogP contribution in [0.3, 0.4) is 0 Å². The number of hydrogen-bond donors (Lipinski definition) is 1. The summed E-state index contributed by atoms with van der Waals surface area (Å²) in [6.45, 7) is 1.14. The Morgan fingerprint density at radius 3 is 2.19 bits per heavy atom. The number of nitrogens with two attached hydrogens (primary N) is 1. The molecular weight excluding hydrogens is 456 g/mol. The third-order valence-corrected chi connectivity index (χ3v) is 6.75. The van der Waals surface area contributed by atoms with Crippen molar-refractivity contribution in [2.45, 2.75) is 13.2 Å². The van der Waals surface area contributed by atoms with E-state index in [0.717, 1.165) is 49.8 Å². The zero-order valence-corrected chi connectivity index (χ0v) is 20.3. The molecule has 6 rings (SSSR count). The fraction of sp³-hybridized carbons (Fsp3) is 0.0606. The summed E-state index contributed by atoms with van der Waals surface area (Å²) in [5.41, 5.74) is 12.9. The number of hydrogen-bond acceptors (Lipinski definition) is 2. The van der Waals surface area contributed by atoms with Crippen molar-refractivity contribution in [1.29, 1.82) is 0 Å². The van der Waals surface area contributed by atoms with Gasteiger partial charge in [0.1, 0.15) is 12.4 Å². The quantitative estimate of drug-likeness (QED) is 0.262. The Labute approximate surface area is 215 Å². The number of carbonyl (C=O) groups excluding carboxylic acids is 1. The lowest BCUT2D eigenvalue weighted by Gasteiger charge is -2.12. The molecule has 0 aliphatic heterocycles. The largest absolute Gasteiger partial charge is 0.489 e. The fourth-order valence-corrected chi connectivity index (χ4v) is 4.99. The Morgan fingerprint density at radius 1 is 0.676 bits per heavy atom. The molecule has 1 amide bonds. The Kier molecular flexibility index (Phi) is 5.91. The molecule has 0 spiro atoms. The van der Waals surface area contributed by atoms with Gasteiger partial charge in [-0.25, -0.2) is 0 Å².